The van der Waals surface area contributed by atoms with Crippen LogP contribution in [0, 0.1) is 5.92 Å². The van der Waals surface area contributed by atoms with E-state index in [2.05, 4.69) is 44.3 Å². The Morgan fingerprint density at radius 1 is 1.32 bits per heavy atom. The van der Waals surface area contributed by atoms with Crippen molar-refractivity contribution < 1.29 is 9.53 Å². The fourth-order valence-corrected chi connectivity index (χ4v) is 4.49. The molecule has 1 aromatic carbocycles. The van der Waals surface area contributed by atoms with Gasteiger partial charge >= 0.3 is 0 Å². The normalized spacial score (nSPS) is 16.2. The minimum absolute atomic E-state index is 0.0691. The Labute approximate surface area is 189 Å². The minimum atomic E-state index is -0.260. The summed E-state index contributed by atoms with van der Waals surface area (Å²) >= 11 is 6.15. The van der Waals surface area contributed by atoms with Crippen LogP contribution in [-0.2, 0) is 11.2 Å². The number of carbonyl (C=O) groups is 1. The maximum absolute atomic E-state index is 13.5. The summed E-state index contributed by atoms with van der Waals surface area (Å²) in [5.41, 5.74) is 6.25. The van der Waals surface area contributed by atoms with E-state index in [0.717, 1.165) is 39.1 Å². The SMILES string of the molecule is CC=C(C(=O)[C@@H]1COc2ccc(Cl)cc2C1)c1cnc(-c2cn[nH]c2P)cc1C(C)C. The quantitative estimate of drug-likeness (QED) is 0.437. The number of H-pyrrole nitrogens is 1. The van der Waals surface area contributed by atoms with Crippen LogP contribution in [0.15, 0.2) is 42.7 Å². The summed E-state index contributed by atoms with van der Waals surface area (Å²) in [6.45, 7) is 6.51. The van der Waals surface area contributed by atoms with E-state index >= 15 is 0 Å². The molecule has 0 bridgehead atoms. The highest BCUT2D eigenvalue weighted by Gasteiger charge is 2.30. The lowest BCUT2D eigenvalue weighted by atomic mass is 9.84. The van der Waals surface area contributed by atoms with Gasteiger partial charge in [-0.1, -0.05) is 40.8 Å². The number of ketones is 1. The van der Waals surface area contributed by atoms with Crippen LogP contribution in [0.3, 0.4) is 0 Å². The molecule has 0 saturated heterocycles. The monoisotopic (exact) mass is 453 g/mol. The number of nitrogens with zero attached hydrogens (tertiary/aromatic N) is 2. The first-order valence-electron chi connectivity index (χ1n) is 10.3. The van der Waals surface area contributed by atoms with Crippen molar-refractivity contribution in [2.45, 2.75) is 33.1 Å². The van der Waals surface area contributed by atoms with Crippen molar-refractivity contribution in [3.05, 3.63) is 64.4 Å². The first-order chi connectivity index (χ1) is 14.9. The van der Waals surface area contributed by atoms with Crippen LogP contribution in [0.2, 0.25) is 5.02 Å². The predicted molar refractivity (Wildman–Crippen MR) is 128 cm³/mol. The summed E-state index contributed by atoms with van der Waals surface area (Å²) < 4.78 is 5.87. The van der Waals surface area contributed by atoms with Gasteiger partial charge in [-0.15, -0.1) is 0 Å². The van der Waals surface area contributed by atoms with Crippen molar-refractivity contribution in [1.29, 1.82) is 0 Å². The second-order valence-electron chi connectivity index (χ2n) is 8.04. The van der Waals surface area contributed by atoms with Crippen LogP contribution < -0.4 is 10.2 Å². The van der Waals surface area contributed by atoms with Gasteiger partial charge < -0.3 is 4.74 Å². The highest BCUT2D eigenvalue weighted by Crippen LogP contribution is 2.35. The van der Waals surface area contributed by atoms with E-state index in [4.69, 9.17) is 16.3 Å². The second kappa shape index (κ2) is 8.94. The number of carbonyl (C=O) groups excluding carboxylic acids is 1. The molecule has 0 saturated carbocycles. The molecule has 1 aliphatic rings. The molecule has 1 N–H and O–H groups in total. The molecule has 3 aromatic rings. The second-order valence-corrected chi connectivity index (χ2v) is 9.05. The molecule has 1 aliphatic heterocycles. The summed E-state index contributed by atoms with van der Waals surface area (Å²) in [6, 6.07) is 7.61. The lowest BCUT2D eigenvalue weighted by molar-refractivity contribution is -0.118. The Morgan fingerprint density at radius 2 is 2.13 bits per heavy atom. The zero-order valence-corrected chi connectivity index (χ0v) is 19.7. The Hall–Kier alpha value is -2.49. The molecule has 0 radical (unpaired) electrons. The highest BCUT2D eigenvalue weighted by molar-refractivity contribution is 7.27. The molecule has 31 heavy (non-hydrogen) atoms. The third-order valence-corrected chi connectivity index (χ3v) is 6.32. The third kappa shape index (κ3) is 4.30. The predicted octanol–water partition coefficient (Wildman–Crippen LogP) is 4.97. The molecule has 7 heteroatoms. The molecule has 2 aromatic heterocycles. The van der Waals surface area contributed by atoms with E-state index < -0.39 is 0 Å². The Balaban J connectivity index is 1.67. The largest absolute Gasteiger partial charge is 0.493 e. The Bertz CT molecular complexity index is 1170. The molecular formula is C24H25ClN3O2P. The summed E-state index contributed by atoms with van der Waals surface area (Å²) in [4.78, 5) is 18.2. The molecule has 0 aliphatic carbocycles. The van der Waals surface area contributed by atoms with Gasteiger partial charge in [-0.2, -0.15) is 5.10 Å². The molecule has 160 valence electrons. The summed E-state index contributed by atoms with van der Waals surface area (Å²) in [7, 11) is 2.64. The van der Waals surface area contributed by atoms with E-state index in [0.29, 0.717) is 23.6 Å². The number of rotatable bonds is 5. The lowest BCUT2D eigenvalue weighted by Crippen LogP contribution is -2.29. The zero-order chi connectivity index (χ0) is 22.1. The van der Waals surface area contributed by atoms with Crippen molar-refractivity contribution in [3.8, 4) is 17.0 Å². The molecule has 3 heterocycles. The van der Waals surface area contributed by atoms with Crippen molar-refractivity contribution in [2.24, 2.45) is 5.92 Å². The number of fused-ring (bicyclic) bond motifs is 1. The van der Waals surface area contributed by atoms with Crippen molar-refractivity contribution in [2.75, 3.05) is 6.61 Å². The third-order valence-electron chi connectivity index (χ3n) is 5.65. The van der Waals surface area contributed by atoms with E-state index in [9.17, 15) is 4.79 Å². The topological polar surface area (TPSA) is 67.9 Å². The van der Waals surface area contributed by atoms with Gasteiger partial charge in [-0.3, -0.25) is 14.9 Å². The maximum Gasteiger partial charge on any atom is 0.170 e. The van der Waals surface area contributed by atoms with Crippen LogP contribution in [0.25, 0.3) is 16.8 Å². The van der Waals surface area contributed by atoms with Crippen LogP contribution in [-0.4, -0.2) is 27.6 Å². The Morgan fingerprint density at radius 3 is 2.81 bits per heavy atom. The van der Waals surface area contributed by atoms with E-state index in [1.54, 1.807) is 6.20 Å². The van der Waals surface area contributed by atoms with Crippen molar-refractivity contribution in [3.63, 3.8) is 0 Å². The average molecular weight is 454 g/mol. The number of Topliss-reactive ketones (excluding diaryl/α,β-unsaturated/α-hetero) is 1. The molecule has 0 fully saturated rings. The van der Waals surface area contributed by atoms with Gasteiger partial charge in [0.15, 0.2) is 5.78 Å². The molecule has 4 rings (SSSR count). The molecule has 0 spiro atoms. The van der Waals surface area contributed by atoms with Gasteiger partial charge in [0.25, 0.3) is 0 Å². The first-order valence-corrected chi connectivity index (χ1v) is 11.3. The van der Waals surface area contributed by atoms with Crippen LogP contribution in [0.1, 0.15) is 43.4 Å². The lowest BCUT2D eigenvalue weighted by Gasteiger charge is -2.26. The number of nitrogens with one attached hydrogen (secondary N) is 1. The summed E-state index contributed by atoms with van der Waals surface area (Å²) in [5, 5.41) is 7.66. The smallest absolute Gasteiger partial charge is 0.170 e. The first kappa shape index (κ1) is 21.7. The van der Waals surface area contributed by atoms with Gasteiger partial charge in [0.1, 0.15) is 5.75 Å². The number of ether oxygens (including phenoxy) is 1. The molecule has 0 amide bonds. The molecule has 5 nitrogen and oxygen atoms in total. The molecular weight excluding hydrogens is 429 g/mol. The number of aromatic amines is 1. The fraction of sp³-hybridized carbons (Fsp3) is 0.292. The molecule has 2 atom stereocenters. The zero-order valence-electron chi connectivity index (χ0n) is 17.8. The van der Waals surface area contributed by atoms with Gasteiger partial charge in [-0.25, -0.2) is 0 Å². The standard InChI is InChI=1S/C24H25ClN3O2P/c1-4-17(23(29)15-7-14-8-16(25)5-6-22(14)30-12-15)19-10-26-21(9-18(19)13(2)3)20-11-27-28-24(20)31/h4-6,8-11,13,15H,7,12,31H2,1-3H3,(H,27,28)/t15-/m0/s1. The highest BCUT2D eigenvalue weighted by atomic mass is 35.5. The number of allylic oxidation sites excluding steroid dienone is 2. The molecule has 1 unspecified atom stereocenters. The number of benzene rings is 1. The summed E-state index contributed by atoms with van der Waals surface area (Å²) in [5.74, 6) is 0.836. The Kier molecular flexibility index (Phi) is 6.27. The van der Waals surface area contributed by atoms with Crippen LogP contribution in [0.5, 0.6) is 5.75 Å². The van der Waals surface area contributed by atoms with Crippen molar-refractivity contribution >= 4 is 37.6 Å². The van der Waals surface area contributed by atoms with Gasteiger partial charge in [0.2, 0.25) is 0 Å². The van der Waals surface area contributed by atoms with E-state index in [1.807, 2.05) is 37.4 Å². The maximum atomic E-state index is 13.5. The van der Waals surface area contributed by atoms with Gasteiger partial charge in [0.05, 0.1) is 29.9 Å². The van der Waals surface area contributed by atoms with Crippen LogP contribution in [0.4, 0.5) is 0 Å². The number of pyridine rings is 1. The number of hydrogen-bond acceptors (Lipinski definition) is 4. The van der Waals surface area contributed by atoms with Crippen LogP contribution >= 0.6 is 20.8 Å². The number of halogens is 1. The fourth-order valence-electron chi connectivity index (χ4n) is 4.00. The number of hydrogen-bond donors (Lipinski definition) is 1. The van der Waals surface area contributed by atoms with Gasteiger partial charge in [0, 0.05) is 27.9 Å². The average Bonchev–Trinajstić information content (AvgIpc) is 3.19. The number of aromatic nitrogens is 3. The van der Waals surface area contributed by atoms with E-state index in [1.165, 1.54) is 0 Å². The summed E-state index contributed by atoms with van der Waals surface area (Å²) in [6.07, 6.45) is 6.07. The van der Waals surface area contributed by atoms with Crippen molar-refractivity contribution in [1.82, 2.24) is 15.2 Å². The van der Waals surface area contributed by atoms with Gasteiger partial charge in [-0.05, 0) is 54.7 Å². The minimum Gasteiger partial charge on any atom is -0.493 e. The van der Waals surface area contributed by atoms with E-state index in [-0.39, 0.29) is 17.6 Å².